The van der Waals surface area contributed by atoms with Gasteiger partial charge in [0.1, 0.15) is 0 Å². The van der Waals surface area contributed by atoms with Crippen LogP contribution < -0.4 is 5.32 Å². The Labute approximate surface area is 99.0 Å². The van der Waals surface area contributed by atoms with Crippen LogP contribution in [0.2, 0.25) is 0 Å². The first kappa shape index (κ1) is 13.6. The van der Waals surface area contributed by atoms with Crippen molar-refractivity contribution in [3.63, 3.8) is 0 Å². The molecule has 0 fully saturated rings. The van der Waals surface area contributed by atoms with Crippen molar-refractivity contribution in [2.45, 2.75) is 25.8 Å². The molecule has 1 aromatic carbocycles. The van der Waals surface area contributed by atoms with E-state index < -0.39 is 17.5 Å². The molecule has 4 heteroatoms. The molecule has 0 saturated carbocycles. The Morgan fingerprint density at radius 3 is 2.35 bits per heavy atom. The maximum atomic E-state index is 13.1. The highest BCUT2D eigenvalue weighted by Gasteiger charge is 2.16. The van der Waals surface area contributed by atoms with Crippen LogP contribution in [0.1, 0.15) is 31.4 Å². The molecule has 17 heavy (non-hydrogen) atoms. The van der Waals surface area contributed by atoms with E-state index in [-0.39, 0.29) is 6.04 Å². The Kier molecular flexibility index (Phi) is 5.05. The SMILES string of the molecule is C#CCCC(NCC)c1cc(F)c(F)c(F)c1. The van der Waals surface area contributed by atoms with E-state index in [9.17, 15) is 13.2 Å². The lowest BCUT2D eigenvalue weighted by atomic mass is 10.0. The number of benzene rings is 1. The third-order valence-corrected chi connectivity index (χ3v) is 2.44. The maximum Gasteiger partial charge on any atom is 0.194 e. The van der Waals surface area contributed by atoms with E-state index in [0.717, 1.165) is 12.1 Å². The number of hydrogen-bond donors (Lipinski definition) is 1. The van der Waals surface area contributed by atoms with Crippen LogP contribution in [0.15, 0.2) is 12.1 Å². The predicted molar refractivity (Wildman–Crippen MR) is 60.8 cm³/mol. The molecule has 92 valence electrons. The highest BCUT2D eigenvalue weighted by molar-refractivity contribution is 5.23. The number of halogens is 3. The van der Waals surface area contributed by atoms with Crippen molar-refractivity contribution in [2.75, 3.05) is 6.54 Å². The Bertz CT molecular complexity index is 400. The summed E-state index contributed by atoms with van der Waals surface area (Å²) in [5, 5.41) is 3.06. The second kappa shape index (κ2) is 6.31. The third-order valence-electron chi connectivity index (χ3n) is 2.44. The summed E-state index contributed by atoms with van der Waals surface area (Å²) in [7, 11) is 0. The Morgan fingerprint density at radius 1 is 1.29 bits per heavy atom. The van der Waals surface area contributed by atoms with Crippen molar-refractivity contribution < 1.29 is 13.2 Å². The molecule has 0 saturated heterocycles. The molecule has 0 aliphatic rings. The number of rotatable bonds is 5. The zero-order chi connectivity index (χ0) is 12.8. The molecule has 1 atom stereocenters. The van der Waals surface area contributed by atoms with Gasteiger partial charge in [-0.1, -0.05) is 6.92 Å². The van der Waals surface area contributed by atoms with Crippen molar-refractivity contribution in [1.82, 2.24) is 5.32 Å². The Hall–Kier alpha value is -1.47. The van der Waals surface area contributed by atoms with Gasteiger partial charge in [0.2, 0.25) is 0 Å². The molecular formula is C13H14F3N. The van der Waals surface area contributed by atoms with E-state index in [0.29, 0.717) is 24.9 Å². The van der Waals surface area contributed by atoms with E-state index >= 15 is 0 Å². The van der Waals surface area contributed by atoms with Gasteiger partial charge < -0.3 is 5.32 Å². The van der Waals surface area contributed by atoms with Crippen LogP contribution >= 0.6 is 0 Å². The predicted octanol–water partition coefficient (Wildman–Crippen LogP) is 3.17. The van der Waals surface area contributed by atoms with Crippen molar-refractivity contribution in [1.29, 1.82) is 0 Å². The molecule has 0 aromatic heterocycles. The van der Waals surface area contributed by atoms with Gasteiger partial charge in [0.15, 0.2) is 17.5 Å². The molecule has 0 spiro atoms. The minimum Gasteiger partial charge on any atom is -0.310 e. The van der Waals surface area contributed by atoms with Crippen molar-refractivity contribution in [2.24, 2.45) is 0 Å². The van der Waals surface area contributed by atoms with Gasteiger partial charge >= 0.3 is 0 Å². The molecule has 1 unspecified atom stereocenters. The van der Waals surface area contributed by atoms with Gasteiger partial charge in [0, 0.05) is 12.5 Å². The zero-order valence-electron chi connectivity index (χ0n) is 9.56. The summed E-state index contributed by atoms with van der Waals surface area (Å²) in [5.41, 5.74) is 0.374. The lowest BCUT2D eigenvalue weighted by Crippen LogP contribution is -2.21. The summed E-state index contributed by atoms with van der Waals surface area (Å²) in [6.45, 7) is 2.51. The maximum absolute atomic E-state index is 13.1. The number of terminal acetylenes is 1. The van der Waals surface area contributed by atoms with Crippen LogP contribution in [-0.4, -0.2) is 6.54 Å². The van der Waals surface area contributed by atoms with Gasteiger partial charge in [-0.15, -0.1) is 12.3 Å². The lowest BCUT2D eigenvalue weighted by Gasteiger charge is -2.17. The van der Waals surface area contributed by atoms with Crippen molar-refractivity contribution >= 4 is 0 Å². The first-order valence-corrected chi connectivity index (χ1v) is 5.41. The standard InChI is InChI=1S/C13H14F3N/c1-3-5-6-12(17-4-2)9-7-10(14)13(16)11(15)8-9/h1,7-8,12,17H,4-6H2,2H3. The summed E-state index contributed by atoms with van der Waals surface area (Å²) in [4.78, 5) is 0. The second-order valence-corrected chi connectivity index (χ2v) is 3.65. The molecule has 0 radical (unpaired) electrons. The molecular weight excluding hydrogens is 227 g/mol. The molecule has 0 aliphatic heterocycles. The molecule has 0 heterocycles. The molecule has 0 aliphatic carbocycles. The average molecular weight is 241 g/mol. The first-order valence-electron chi connectivity index (χ1n) is 5.41. The first-order chi connectivity index (χ1) is 8.10. The molecule has 1 aromatic rings. The molecule has 1 rings (SSSR count). The van der Waals surface area contributed by atoms with Crippen molar-refractivity contribution in [3.8, 4) is 12.3 Å². The third kappa shape index (κ3) is 3.50. The summed E-state index contributed by atoms with van der Waals surface area (Å²) >= 11 is 0. The van der Waals surface area contributed by atoms with Crippen LogP contribution in [0, 0.1) is 29.8 Å². The minimum absolute atomic E-state index is 0.263. The molecule has 0 bridgehead atoms. The number of hydrogen-bond acceptors (Lipinski definition) is 1. The van der Waals surface area contributed by atoms with Crippen molar-refractivity contribution in [3.05, 3.63) is 35.1 Å². The van der Waals surface area contributed by atoms with Gasteiger partial charge in [-0.25, -0.2) is 13.2 Å². The zero-order valence-corrected chi connectivity index (χ0v) is 9.56. The quantitative estimate of drug-likeness (QED) is 0.616. The Balaban J connectivity index is 2.98. The van der Waals surface area contributed by atoms with E-state index in [1.165, 1.54) is 0 Å². The normalized spacial score (nSPS) is 12.2. The van der Waals surface area contributed by atoms with Crippen LogP contribution in [0.25, 0.3) is 0 Å². The van der Waals surface area contributed by atoms with Crippen LogP contribution in [0.5, 0.6) is 0 Å². The van der Waals surface area contributed by atoms with Gasteiger partial charge in [-0.3, -0.25) is 0 Å². The summed E-state index contributed by atoms with van der Waals surface area (Å²) in [6, 6.07) is 1.74. The topological polar surface area (TPSA) is 12.0 Å². The minimum atomic E-state index is -1.44. The second-order valence-electron chi connectivity index (χ2n) is 3.65. The fraction of sp³-hybridized carbons (Fsp3) is 0.385. The molecule has 1 nitrogen and oxygen atoms in total. The largest absolute Gasteiger partial charge is 0.310 e. The summed E-state index contributed by atoms with van der Waals surface area (Å²) in [5.74, 6) is -1.33. The van der Waals surface area contributed by atoms with Crippen LogP contribution in [0.3, 0.4) is 0 Å². The molecule has 0 amide bonds. The summed E-state index contributed by atoms with van der Waals surface area (Å²) < 4.78 is 39.0. The van der Waals surface area contributed by atoms with Gasteiger partial charge in [-0.2, -0.15) is 0 Å². The Morgan fingerprint density at radius 2 is 1.88 bits per heavy atom. The fourth-order valence-corrected chi connectivity index (χ4v) is 1.64. The highest BCUT2D eigenvalue weighted by Crippen LogP contribution is 2.22. The van der Waals surface area contributed by atoms with Crippen LogP contribution in [0.4, 0.5) is 13.2 Å². The smallest absolute Gasteiger partial charge is 0.194 e. The lowest BCUT2D eigenvalue weighted by molar-refractivity contribution is 0.437. The average Bonchev–Trinajstić information content (AvgIpc) is 2.31. The van der Waals surface area contributed by atoms with E-state index in [2.05, 4.69) is 11.2 Å². The fourth-order valence-electron chi connectivity index (χ4n) is 1.64. The van der Waals surface area contributed by atoms with Crippen LogP contribution in [-0.2, 0) is 0 Å². The van der Waals surface area contributed by atoms with Gasteiger partial charge in [0.25, 0.3) is 0 Å². The molecule has 1 N–H and O–H groups in total. The summed E-state index contributed by atoms with van der Waals surface area (Å²) in [6.07, 6.45) is 6.18. The van der Waals surface area contributed by atoms with Gasteiger partial charge in [0.05, 0.1) is 0 Å². The van der Waals surface area contributed by atoms with E-state index in [1.54, 1.807) is 0 Å². The van der Waals surface area contributed by atoms with E-state index in [1.807, 2.05) is 6.92 Å². The van der Waals surface area contributed by atoms with E-state index in [4.69, 9.17) is 6.42 Å². The van der Waals surface area contributed by atoms with Gasteiger partial charge in [-0.05, 0) is 30.7 Å². The highest BCUT2D eigenvalue weighted by atomic mass is 19.2. The monoisotopic (exact) mass is 241 g/mol. The number of nitrogens with one attached hydrogen (secondary N) is 1.